The van der Waals surface area contributed by atoms with Gasteiger partial charge in [-0.15, -0.1) is 0 Å². The molecule has 3 nitrogen and oxygen atoms in total. The van der Waals surface area contributed by atoms with Gasteiger partial charge in [0.1, 0.15) is 11.6 Å². The van der Waals surface area contributed by atoms with E-state index in [0.717, 1.165) is 18.9 Å². The monoisotopic (exact) mass is 304 g/mol. The van der Waals surface area contributed by atoms with Crippen molar-refractivity contribution in [2.75, 3.05) is 10.6 Å². The SMILES string of the molecule is CCCCC(=O)Nc1ccc(Nc2ccc(F)cc2F)cc1. The molecule has 0 aliphatic carbocycles. The average molecular weight is 304 g/mol. The normalized spacial score (nSPS) is 10.3. The van der Waals surface area contributed by atoms with Crippen LogP contribution in [0, 0.1) is 11.6 Å². The Morgan fingerprint density at radius 1 is 1.05 bits per heavy atom. The van der Waals surface area contributed by atoms with Gasteiger partial charge in [-0.05, 0) is 42.8 Å². The molecule has 0 saturated carbocycles. The maximum Gasteiger partial charge on any atom is 0.224 e. The number of nitrogens with one attached hydrogen (secondary N) is 2. The molecule has 2 aromatic carbocycles. The summed E-state index contributed by atoms with van der Waals surface area (Å²) < 4.78 is 26.4. The smallest absolute Gasteiger partial charge is 0.224 e. The number of benzene rings is 2. The molecule has 0 aliphatic rings. The average Bonchev–Trinajstić information content (AvgIpc) is 2.50. The fourth-order valence-corrected chi connectivity index (χ4v) is 1.94. The number of amides is 1. The molecule has 2 N–H and O–H groups in total. The van der Waals surface area contributed by atoms with E-state index >= 15 is 0 Å². The van der Waals surface area contributed by atoms with Crippen molar-refractivity contribution >= 4 is 23.0 Å². The summed E-state index contributed by atoms with van der Waals surface area (Å²) in [7, 11) is 0. The number of hydrogen-bond acceptors (Lipinski definition) is 2. The number of anilines is 3. The third-order valence-corrected chi connectivity index (χ3v) is 3.14. The topological polar surface area (TPSA) is 41.1 Å². The zero-order valence-corrected chi connectivity index (χ0v) is 12.3. The highest BCUT2D eigenvalue weighted by atomic mass is 19.1. The van der Waals surface area contributed by atoms with E-state index < -0.39 is 11.6 Å². The van der Waals surface area contributed by atoms with Gasteiger partial charge < -0.3 is 10.6 Å². The third kappa shape index (κ3) is 4.55. The second-order valence-corrected chi connectivity index (χ2v) is 4.98. The second-order valence-electron chi connectivity index (χ2n) is 4.98. The third-order valence-electron chi connectivity index (χ3n) is 3.14. The van der Waals surface area contributed by atoms with Gasteiger partial charge in [-0.1, -0.05) is 13.3 Å². The summed E-state index contributed by atoms with van der Waals surface area (Å²) in [5.74, 6) is -1.29. The number of rotatable bonds is 6. The number of carbonyl (C=O) groups excluding carboxylic acids is 1. The molecule has 0 radical (unpaired) electrons. The van der Waals surface area contributed by atoms with Crippen LogP contribution in [0.25, 0.3) is 0 Å². The molecule has 0 aromatic heterocycles. The lowest BCUT2D eigenvalue weighted by Crippen LogP contribution is -2.10. The first-order chi connectivity index (χ1) is 10.6. The van der Waals surface area contributed by atoms with Crippen molar-refractivity contribution < 1.29 is 13.6 Å². The standard InChI is InChI=1S/C17H18F2N2O/c1-2-3-4-17(22)21-14-8-6-13(7-9-14)20-16-10-5-12(18)11-15(16)19/h5-11,20H,2-4H2,1H3,(H,21,22). The summed E-state index contributed by atoms with van der Waals surface area (Å²) >= 11 is 0. The molecule has 0 saturated heterocycles. The van der Waals surface area contributed by atoms with E-state index in [4.69, 9.17) is 0 Å². The molecule has 0 unspecified atom stereocenters. The number of halogens is 2. The molecule has 2 aromatic rings. The minimum Gasteiger partial charge on any atom is -0.353 e. The van der Waals surface area contributed by atoms with Gasteiger partial charge in [0.15, 0.2) is 0 Å². The van der Waals surface area contributed by atoms with Crippen molar-refractivity contribution in [1.29, 1.82) is 0 Å². The largest absolute Gasteiger partial charge is 0.353 e. The van der Waals surface area contributed by atoms with Crippen molar-refractivity contribution in [1.82, 2.24) is 0 Å². The minimum absolute atomic E-state index is 0.0212. The molecule has 5 heteroatoms. The lowest BCUT2D eigenvalue weighted by molar-refractivity contribution is -0.116. The molecule has 0 atom stereocenters. The van der Waals surface area contributed by atoms with Gasteiger partial charge in [0.2, 0.25) is 5.91 Å². The summed E-state index contributed by atoms with van der Waals surface area (Å²) in [6.45, 7) is 2.03. The maximum absolute atomic E-state index is 13.5. The van der Waals surface area contributed by atoms with E-state index in [1.54, 1.807) is 24.3 Å². The quantitative estimate of drug-likeness (QED) is 0.802. The van der Waals surface area contributed by atoms with Gasteiger partial charge in [0.25, 0.3) is 0 Å². The van der Waals surface area contributed by atoms with Crippen LogP contribution < -0.4 is 10.6 Å². The van der Waals surface area contributed by atoms with Gasteiger partial charge >= 0.3 is 0 Å². The van der Waals surface area contributed by atoms with Gasteiger partial charge in [0.05, 0.1) is 5.69 Å². The molecule has 116 valence electrons. The molecule has 0 heterocycles. The van der Waals surface area contributed by atoms with E-state index in [2.05, 4.69) is 10.6 Å². The zero-order valence-electron chi connectivity index (χ0n) is 12.3. The molecule has 0 spiro atoms. The second kappa shape index (κ2) is 7.54. The molecule has 0 bridgehead atoms. The van der Waals surface area contributed by atoms with Crippen molar-refractivity contribution in [2.45, 2.75) is 26.2 Å². The summed E-state index contributed by atoms with van der Waals surface area (Å²) in [6, 6.07) is 10.3. The highest BCUT2D eigenvalue weighted by Gasteiger charge is 2.05. The molecule has 2 rings (SSSR count). The number of hydrogen-bond donors (Lipinski definition) is 2. The highest BCUT2D eigenvalue weighted by molar-refractivity contribution is 5.90. The van der Waals surface area contributed by atoms with Crippen LogP contribution >= 0.6 is 0 Å². The Morgan fingerprint density at radius 2 is 1.73 bits per heavy atom. The fourth-order valence-electron chi connectivity index (χ4n) is 1.94. The van der Waals surface area contributed by atoms with Crippen LogP contribution in [0.3, 0.4) is 0 Å². The van der Waals surface area contributed by atoms with Crippen molar-refractivity contribution in [3.63, 3.8) is 0 Å². The maximum atomic E-state index is 13.5. The van der Waals surface area contributed by atoms with Gasteiger partial charge in [-0.2, -0.15) is 0 Å². The van der Waals surface area contributed by atoms with Crippen LogP contribution in [0.5, 0.6) is 0 Å². The molecular weight excluding hydrogens is 286 g/mol. The fraction of sp³-hybridized carbons (Fsp3) is 0.235. The van der Waals surface area contributed by atoms with Crippen LogP contribution in [0.1, 0.15) is 26.2 Å². The number of unbranched alkanes of at least 4 members (excludes halogenated alkanes) is 1. The molecule has 0 aliphatic heterocycles. The predicted molar refractivity (Wildman–Crippen MR) is 84.2 cm³/mol. The number of carbonyl (C=O) groups is 1. The lowest BCUT2D eigenvalue weighted by atomic mass is 10.2. The van der Waals surface area contributed by atoms with Gasteiger partial charge in [-0.25, -0.2) is 8.78 Å². The Hall–Kier alpha value is -2.43. The van der Waals surface area contributed by atoms with Crippen LogP contribution in [0.2, 0.25) is 0 Å². The summed E-state index contributed by atoms with van der Waals surface area (Å²) in [5.41, 5.74) is 1.53. The Balaban J connectivity index is 1.98. The van der Waals surface area contributed by atoms with Gasteiger partial charge in [-0.3, -0.25) is 4.79 Å². The van der Waals surface area contributed by atoms with Crippen molar-refractivity contribution in [3.05, 3.63) is 54.1 Å². The van der Waals surface area contributed by atoms with Crippen LogP contribution in [0.4, 0.5) is 25.8 Å². The summed E-state index contributed by atoms with van der Waals surface area (Å²) in [4.78, 5) is 11.6. The molecule has 0 fully saturated rings. The summed E-state index contributed by atoms with van der Waals surface area (Å²) in [5, 5.41) is 5.66. The highest BCUT2D eigenvalue weighted by Crippen LogP contribution is 2.22. The van der Waals surface area contributed by atoms with E-state index in [1.165, 1.54) is 12.1 Å². The van der Waals surface area contributed by atoms with E-state index in [1.807, 2.05) is 6.92 Å². The van der Waals surface area contributed by atoms with Crippen molar-refractivity contribution in [2.24, 2.45) is 0 Å². The first kappa shape index (κ1) is 15.9. The molecule has 22 heavy (non-hydrogen) atoms. The lowest BCUT2D eigenvalue weighted by Gasteiger charge is -2.09. The Bertz CT molecular complexity index is 642. The Labute approximate surface area is 128 Å². The van der Waals surface area contributed by atoms with Crippen LogP contribution in [-0.4, -0.2) is 5.91 Å². The molecule has 1 amide bonds. The van der Waals surface area contributed by atoms with Crippen molar-refractivity contribution in [3.8, 4) is 0 Å². The Kier molecular flexibility index (Phi) is 5.47. The first-order valence-electron chi connectivity index (χ1n) is 7.20. The van der Waals surface area contributed by atoms with E-state index in [-0.39, 0.29) is 11.6 Å². The van der Waals surface area contributed by atoms with Crippen LogP contribution in [-0.2, 0) is 4.79 Å². The zero-order chi connectivity index (χ0) is 15.9. The van der Waals surface area contributed by atoms with E-state index in [9.17, 15) is 13.6 Å². The molecular formula is C17H18F2N2O. The predicted octanol–water partition coefficient (Wildman–Crippen LogP) is 4.84. The summed E-state index contributed by atoms with van der Waals surface area (Å²) in [6.07, 6.45) is 2.33. The minimum atomic E-state index is -0.656. The van der Waals surface area contributed by atoms with Crippen LogP contribution in [0.15, 0.2) is 42.5 Å². The first-order valence-corrected chi connectivity index (χ1v) is 7.20. The Morgan fingerprint density at radius 3 is 2.36 bits per heavy atom. The van der Waals surface area contributed by atoms with Gasteiger partial charge in [0, 0.05) is 23.9 Å². The van der Waals surface area contributed by atoms with E-state index in [0.29, 0.717) is 17.8 Å².